The van der Waals surface area contributed by atoms with Crippen LogP contribution in [0.2, 0.25) is 0 Å². The summed E-state index contributed by atoms with van der Waals surface area (Å²) in [4.78, 5) is 47.5. The number of carbonyl (C=O) groups is 3. The van der Waals surface area contributed by atoms with Crippen LogP contribution in [-0.4, -0.2) is 68.7 Å². The zero-order valence-corrected chi connectivity index (χ0v) is 32.2. The van der Waals surface area contributed by atoms with E-state index in [-0.39, 0.29) is 30.9 Å². The van der Waals surface area contributed by atoms with Gasteiger partial charge >= 0.3 is 12.1 Å². The summed E-state index contributed by atoms with van der Waals surface area (Å²) in [6.07, 6.45) is 8.39. The maximum atomic E-state index is 14.0. The minimum Gasteiger partial charge on any atom is -0.444 e. The average Bonchev–Trinajstić information content (AvgIpc) is 3.86. The Morgan fingerprint density at radius 2 is 1.68 bits per heavy atom. The Labute approximate surface area is 320 Å². The molecular weight excluding hydrogens is 709 g/mol. The molecule has 0 saturated heterocycles. The van der Waals surface area contributed by atoms with E-state index < -0.39 is 30.3 Å². The standard InChI is InChI=1S/C40H50N6O5S2/c1-27(2)36(45-39(49)46(3)24-32-26-52-38(43-32)30-17-11-6-12-18-30)37(48)42-31(21-28-13-7-4-8-14-28)23-35(47)34(22-29-15-9-5-10-16-29)44-40(50)51-25-33-19-20-41-53-33/h4-11,13-16,19-20,26-27,30-31,34-36,47H,12,17-18,21-25H2,1-3H3,(H,42,48)(H,44,50)(H,45,49)/t30?,31-,34-,35-,36-/m0/s1. The van der Waals surface area contributed by atoms with Crippen molar-refractivity contribution in [3.63, 3.8) is 0 Å². The number of hydrogen-bond acceptors (Lipinski definition) is 9. The highest BCUT2D eigenvalue weighted by atomic mass is 32.1. The van der Waals surface area contributed by atoms with E-state index in [9.17, 15) is 19.5 Å². The summed E-state index contributed by atoms with van der Waals surface area (Å²) in [6.45, 7) is 4.16. The monoisotopic (exact) mass is 758 g/mol. The van der Waals surface area contributed by atoms with Crippen LogP contribution in [0, 0.1) is 5.92 Å². The topological polar surface area (TPSA) is 146 Å². The predicted molar refractivity (Wildman–Crippen MR) is 209 cm³/mol. The molecule has 4 N–H and O–H groups in total. The van der Waals surface area contributed by atoms with Gasteiger partial charge in [0, 0.05) is 30.6 Å². The molecule has 11 nitrogen and oxygen atoms in total. The van der Waals surface area contributed by atoms with Crippen molar-refractivity contribution in [1.29, 1.82) is 0 Å². The highest BCUT2D eigenvalue weighted by Gasteiger charge is 2.31. The molecule has 2 aromatic carbocycles. The van der Waals surface area contributed by atoms with Crippen molar-refractivity contribution < 1.29 is 24.2 Å². The van der Waals surface area contributed by atoms with Crippen molar-refractivity contribution in [1.82, 2.24) is 30.2 Å². The van der Waals surface area contributed by atoms with Crippen molar-refractivity contribution in [2.75, 3.05) is 7.05 Å². The second kappa shape index (κ2) is 20.0. The highest BCUT2D eigenvalue weighted by molar-refractivity contribution is 7.09. The van der Waals surface area contributed by atoms with Gasteiger partial charge in [0.05, 0.1) is 34.3 Å². The lowest BCUT2D eigenvalue weighted by Crippen LogP contribution is -2.55. The fourth-order valence-corrected chi connectivity index (χ4v) is 7.78. The lowest BCUT2D eigenvalue weighted by atomic mass is 9.93. The molecule has 0 fully saturated rings. The van der Waals surface area contributed by atoms with E-state index >= 15 is 0 Å². The van der Waals surface area contributed by atoms with Crippen LogP contribution in [0.25, 0.3) is 0 Å². The van der Waals surface area contributed by atoms with E-state index in [0.29, 0.717) is 25.3 Å². The fourth-order valence-electron chi connectivity index (χ4n) is 6.33. The smallest absolute Gasteiger partial charge is 0.407 e. The van der Waals surface area contributed by atoms with Gasteiger partial charge in [-0.05, 0) is 73.2 Å². The van der Waals surface area contributed by atoms with Crippen molar-refractivity contribution in [2.24, 2.45) is 5.92 Å². The molecule has 4 amide bonds. The molecule has 1 aliphatic carbocycles. The molecular formula is C40H50N6O5S2. The largest absolute Gasteiger partial charge is 0.444 e. The van der Waals surface area contributed by atoms with Crippen LogP contribution in [0.4, 0.5) is 9.59 Å². The molecule has 0 saturated carbocycles. The van der Waals surface area contributed by atoms with E-state index in [0.717, 1.165) is 46.0 Å². The number of nitrogens with one attached hydrogen (secondary N) is 3. The van der Waals surface area contributed by atoms with Crippen molar-refractivity contribution in [2.45, 2.75) is 95.7 Å². The number of hydrogen-bond donors (Lipinski definition) is 4. The van der Waals surface area contributed by atoms with Crippen molar-refractivity contribution >= 4 is 40.9 Å². The second-order valence-electron chi connectivity index (χ2n) is 13.9. The molecule has 0 bridgehead atoms. The van der Waals surface area contributed by atoms with Gasteiger partial charge in [0.1, 0.15) is 12.6 Å². The quantitative estimate of drug-likeness (QED) is 0.0888. The SMILES string of the molecule is CC(C)[C@H](NC(=O)N(C)Cc1csc(C2CC=CCC2)n1)C(=O)N[C@@H](Cc1ccccc1)C[C@H](O)[C@H](Cc1ccccc1)NC(=O)OCc1ccns1. The van der Waals surface area contributed by atoms with Crippen LogP contribution in [0.15, 0.2) is 90.5 Å². The summed E-state index contributed by atoms with van der Waals surface area (Å²) in [5.74, 6) is -0.157. The number of nitrogens with zero attached hydrogens (tertiary/aromatic N) is 3. The summed E-state index contributed by atoms with van der Waals surface area (Å²) in [5, 5.41) is 23.7. The second-order valence-corrected chi connectivity index (χ2v) is 15.7. The first-order valence-corrected chi connectivity index (χ1v) is 19.8. The van der Waals surface area contributed by atoms with E-state index in [2.05, 4.69) is 32.5 Å². The number of benzene rings is 2. The summed E-state index contributed by atoms with van der Waals surface area (Å²) in [7, 11) is 1.70. The number of aliphatic hydroxyl groups excluding tert-OH is 1. The average molecular weight is 759 g/mol. The molecule has 2 aromatic heterocycles. The Morgan fingerprint density at radius 1 is 0.962 bits per heavy atom. The number of allylic oxidation sites excluding steroid dienone is 2. The Balaban J connectivity index is 1.25. The molecule has 0 radical (unpaired) electrons. The number of rotatable bonds is 17. The Kier molecular flexibility index (Phi) is 15.0. The van der Waals surface area contributed by atoms with Crippen LogP contribution < -0.4 is 16.0 Å². The maximum absolute atomic E-state index is 14.0. The molecule has 1 unspecified atom stereocenters. The van der Waals surface area contributed by atoms with Gasteiger partial charge in [-0.15, -0.1) is 11.3 Å². The zero-order valence-electron chi connectivity index (χ0n) is 30.5. The van der Waals surface area contributed by atoms with E-state index in [1.807, 2.05) is 79.9 Å². The fraction of sp³-hybridized carbons (Fsp3) is 0.425. The lowest BCUT2D eigenvalue weighted by molar-refractivity contribution is -0.124. The van der Waals surface area contributed by atoms with Gasteiger partial charge in [0.25, 0.3) is 0 Å². The third-order valence-electron chi connectivity index (χ3n) is 9.26. The summed E-state index contributed by atoms with van der Waals surface area (Å²) >= 11 is 2.88. The molecule has 1 aliphatic rings. The van der Waals surface area contributed by atoms with E-state index in [1.54, 1.807) is 35.5 Å². The number of aliphatic hydroxyl groups is 1. The zero-order chi connectivity index (χ0) is 37.6. The number of urea groups is 1. The first kappa shape index (κ1) is 39.6. The Hall–Kier alpha value is -4.59. The highest BCUT2D eigenvalue weighted by Crippen LogP contribution is 2.31. The lowest BCUT2D eigenvalue weighted by Gasteiger charge is -2.30. The minimum absolute atomic E-state index is 0.0674. The number of ether oxygens (including phenoxy) is 1. The number of alkyl carbamates (subject to hydrolysis) is 1. The first-order chi connectivity index (χ1) is 25.6. The van der Waals surface area contributed by atoms with Crippen LogP contribution in [-0.2, 0) is 35.5 Å². The van der Waals surface area contributed by atoms with Crippen molar-refractivity contribution in [3.8, 4) is 0 Å². The molecule has 282 valence electrons. The molecule has 5 rings (SSSR count). The first-order valence-electron chi connectivity index (χ1n) is 18.1. The minimum atomic E-state index is -1.05. The third-order valence-corrected chi connectivity index (χ3v) is 11.0. The van der Waals surface area contributed by atoms with Gasteiger partial charge in [0.15, 0.2) is 0 Å². The number of carbonyl (C=O) groups excluding carboxylic acids is 3. The summed E-state index contributed by atoms with van der Waals surface area (Å²) < 4.78 is 9.48. The summed E-state index contributed by atoms with van der Waals surface area (Å²) in [5.41, 5.74) is 2.72. The van der Waals surface area contributed by atoms with Crippen LogP contribution in [0.1, 0.15) is 72.2 Å². The van der Waals surface area contributed by atoms with Gasteiger partial charge in [-0.1, -0.05) is 86.7 Å². The third kappa shape index (κ3) is 12.5. The van der Waals surface area contributed by atoms with Crippen molar-refractivity contribution in [3.05, 3.63) is 117 Å². The van der Waals surface area contributed by atoms with Gasteiger partial charge in [-0.3, -0.25) is 4.79 Å². The summed E-state index contributed by atoms with van der Waals surface area (Å²) in [6, 6.07) is 18.6. The number of aromatic nitrogens is 2. The van der Waals surface area contributed by atoms with Gasteiger partial charge < -0.3 is 30.7 Å². The molecule has 4 aromatic rings. The molecule has 2 heterocycles. The Bertz CT molecular complexity index is 1750. The van der Waals surface area contributed by atoms with E-state index in [1.165, 1.54) is 11.5 Å². The van der Waals surface area contributed by atoms with Crippen LogP contribution >= 0.6 is 22.9 Å². The molecule has 0 spiro atoms. The molecule has 5 atom stereocenters. The Morgan fingerprint density at radius 3 is 2.32 bits per heavy atom. The van der Waals surface area contributed by atoms with Crippen LogP contribution in [0.5, 0.6) is 0 Å². The maximum Gasteiger partial charge on any atom is 0.407 e. The van der Waals surface area contributed by atoms with Gasteiger partial charge in [0.2, 0.25) is 5.91 Å². The predicted octanol–water partition coefficient (Wildman–Crippen LogP) is 6.61. The van der Waals surface area contributed by atoms with Gasteiger partial charge in [-0.2, -0.15) is 0 Å². The number of thiazole rings is 1. The van der Waals surface area contributed by atoms with E-state index in [4.69, 9.17) is 9.72 Å². The molecule has 13 heteroatoms. The normalized spacial score (nSPS) is 16.3. The number of amides is 4. The molecule has 0 aliphatic heterocycles. The van der Waals surface area contributed by atoms with Gasteiger partial charge in [-0.25, -0.2) is 18.9 Å². The molecule has 53 heavy (non-hydrogen) atoms. The van der Waals surface area contributed by atoms with Crippen LogP contribution in [0.3, 0.4) is 0 Å².